The van der Waals surface area contributed by atoms with E-state index in [9.17, 15) is 4.39 Å². The van der Waals surface area contributed by atoms with Crippen molar-refractivity contribution in [3.05, 3.63) is 57.8 Å². The Morgan fingerprint density at radius 1 is 1.25 bits per heavy atom. The van der Waals surface area contributed by atoms with Crippen LogP contribution in [0.3, 0.4) is 0 Å². The minimum atomic E-state index is -0.577. The standard InChI is InChI=1S/C15H12BrFN2O/c1-9(19)11-3-5-14(12(16)7-11)20-15-4-2-10(8-18)6-13(15)17/h2-7,9H,19H2,1H3/t9-/m1/s1. The Labute approximate surface area is 124 Å². The Hall–Kier alpha value is -1.90. The van der Waals surface area contributed by atoms with E-state index in [4.69, 9.17) is 15.7 Å². The molecular weight excluding hydrogens is 323 g/mol. The van der Waals surface area contributed by atoms with Gasteiger partial charge in [-0.15, -0.1) is 0 Å². The van der Waals surface area contributed by atoms with Crippen LogP contribution < -0.4 is 10.5 Å². The first-order valence-electron chi connectivity index (χ1n) is 5.94. The molecule has 0 unspecified atom stereocenters. The molecule has 2 rings (SSSR count). The highest BCUT2D eigenvalue weighted by atomic mass is 79.9. The van der Waals surface area contributed by atoms with Gasteiger partial charge in [0, 0.05) is 6.04 Å². The monoisotopic (exact) mass is 334 g/mol. The molecule has 20 heavy (non-hydrogen) atoms. The largest absolute Gasteiger partial charge is 0.453 e. The summed E-state index contributed by atoms with van der Waals surface area (Å²) >= 11 is 3.37. The van der Waals surface area contributed by atoms with Crippen molar-refractivity contribution in [3.8, 4) is 17.6 Å². The van der Waals surface area contributed by atoms with Gasteiger partial charge in [0.25, 0.3) is 0 Å². The van der Waals surface area contributed by atoms with Gasteiger partial charge in [0.15, 0.2) is 11.6 Å². The van der Waals surface area contributed by atoms with Gasteiger partial charge in [-0.2, -0.15) is 5.26 Å². The third-order valence-corrected chi connectivity index (χ3v) is 3.38. The summed E-state index contributed by atoms with van der Waals surface area (Å²) < 4.78 is 19.9. The molecule has 2 aromatic rings. The lowest BCUT2D eigenvalue weighted by Crippen LogP contribution is -2.04. The van der Waals surface area contributed by atoms with E-state index in [2.05, 4.69) is 15.9 Å². The average Bonchev–Trinajstić information content (AvgIpc) is 2.42. The van der Waals surface area contributed by atoms with E-state index in [0.29, 0.717) is 10.2 Å². The van der Waals surface area contributed by atoms with Crippen LogP contribution in [0.1, 0.15) is 24.1 Å². The second-order valence-corrected chi connectivity index (χ2v) is 5.19. The van der Waals surface area contributed by atoms with E-state index >= 15 is 0 Å². The van der Waals surface area contributed by atoms with Crippen LogP contribution in [-0.2, 0) is 0 Å². The van der Waals surface area contributed by atoms with E-state index in [1.165, 1.54) is 12.1 Å². The molecule has 0 radical (unpaired) electrons. The molecule has 0 aliphatic carbocycles. The molecule has 2 N–H and O–H groups in total. The lowest BCUT2D eigenvalue weighted by Gasteiger charge is -2.11. The van der Waals surface area contributed by atoms with Crippen molar-refractivity contribution in [2.45, 2.75) is 13.0 Å². The van der Waals surface area contributed by atoms with Crippen molar-refractivity contribution < 1.29 is 9.13 Å². The van der Waals surface area contributed by atoms with Gasteiger partial charge in [0.05, 0.1) is 16.1 Å². The zero-order chi connectivity index (χ0) is 14.7. The van der Waals surface area contributed by atoms with Crippen LogP contribution in [0.25, 0.3) is 0 Å². The summed E-state index contributed by atoms with van der Waals surface area (Å²) in [5.41, 5.74) is 6.99. The average molecular weight is 335 g/mol. The summed E-state index contributed by atoms with van der Waals surface area (Å²) in [4.78, 5) is 0. The predicted octanol–water partition coefficient (Wildman–Crippen LogP) is 4.27. The fourth-order valence-electron chi connectivity index (χ4n) is 1.65. The van der Waals surface area contributed by atoms with Crippen molar-refractivity contribution in [2.24, 2.45) is 5.73 Å². The van der Waals surface area contributed by atoms with Crippen LogP contribution in [-0.4, -0.2) is 0 Å². The number of rotatable bonds is 3. The van der Waals surface area contributed by atoms with Crippen LogP contribution >= 0.6 is 15.9 Å². The third kappa shape index (κ3) is 3.16. The minimum Gasteiger partial charge on any atom is -0.453 e. The van der Waals surface area contributed by atoms with Crippen molar-refractivity contribution >= 4 is 15.9 Å². The van der Waals surface area contributed by atoms with Gasteiger partial charge >= 0.3 is 0 Å². The zero-order valence-corrected chi connectivity index (χ0v) is 12.3. The molecule has 0 saturated carbocycles. The van der Waals surface area contributed by atoms with Crippen LogP contribution in [0, 0.1) is 17.1 Å². The molecule has 0 aliphatic heterocycles. The topological polar surface area (TPSA) is 59.0 Å². The quantitative estimate of drug-likeness (QED) is 0.911. The van der Waals surface area contributed by atoms with Crippen LogP contribution in [0.2, 0.25) is 0 Å². The SMILES string of the molecule is C[C@@H](N)c1ccc(Oc2ccc(C#N)cc2F)c(Br)c1. The summed E-state index contributed by atoms with van der Waals surface area (Å²) in [6.45, 7) is 1.88. The molecule has 0 saturated heterocycles. The molecule has 0 fully saturated rings. The molecule has 0 heterocycles. The lowest BCUT2D eigenvalue weighted by atomic mass is 10.1. The van der Waals surface area contributed by atoms with Crippen molar-refractivity contribution in [1.82, 2.24) is 0 Å². The normalized spacial score (nSPS) is 11.8. The molecule has 0 spiro atoms. The number of nitriles is 1. The van der Waals surface area contributed by atoms with Gasteiger partial charge < -0.3 is 10.5 Å². The minimum absolute atomic E-state index is 0.0678. The molecule has 102 valence electrons. The van der Waals surface area contributed by atoms with Gasteiger partial charge in [-0.05, 0) is 58.7 Å². The smallest absolute Gasteiger partial charge is 0.167 e. The van der Waals surface area contributed by atoms with Gasteiger partial charge in [0.1, 0.15) is 5.75 Å². The third-order valence-electron chi connectivity index (χ3n) is 2.76. The van der Waals surface area contributed by atoms with Crippen LogP contribution in [0.15, 0.2) is 40.9 Å². The van der Waals surface area contributed by atoms with Gasteiger partial charge in [-0.3, -0.25) is 0 Å². The van der Waals surface area contributed by atoms with E-state index in [1.54, 1.807) is 6.07 Å². The fraction of sp³-hybridized carbons (Fsp3) is 0.133. The maximum Gasteiger partial charge on any atom is 0.167 e. The van der Waals surface area contributed by atoms with E-state index in [1.807, 2.05) is 25.1 Å². The van der Waals surface area contributed by atoms with E-state index in [0.717, 1.165) is 11.6 Å². The second kappa shape index (κ2) is 6.04. The molecule has 2 aromatic carbocycles. The van der Waals surface area contributed by atoms with Gasteiger partial charge in [-0.1, -0.05) is 6.07 Å². The molecular formula is C15H12BrFN2O. The van der Waals surface area contributed by atoms with Crippen LogP contribution in [0.5, 0.6) is 11.5 Å². The summed E-state index contributed by atoms with van der Waals surface area (Å²) in [6.07, 6.45) is 0. The van der Waals surface area contributed by atoms with Crippen molar-refractivity contribution in [2.75, 3.05) is 0 Å². The predicted molar refractivity (Wildman–Crippen MR) is 77.9 cm³/mol. The Morgan fingerprint density at radius 2 is 1.95 bits per heavy atom. The summed E-state index contributed by atoms with van der Waals surface area (Å²) in [5, 5.41) is 8.69. The Balaban J connectivity index is 2.29. The van der Waals surface area contributed by atoms with Crippen molar-refractivity contribution in [3.63, 3.8) is 0 Å². The highest BCUT2D eigenvalue weighted by Crippen LogP contribution is 2.33. The van der Waals surface area contributed by atoms with Gasteiger partial charge in [-0.25, -0.2) is 4.39 Å². The fourth-order valence-corrected chi connectivity index (χ4v) is 2.13. The number of nitrogens with zero attached hydrogens (tertiary/aromatic N) is 1. The highest BCUT2D eigenvalue weighted by Gasteiger charge is 2.10. The molecule has 3 nitrogen and oxygen atoms in total. The summed E-state index contributed by atoms with van der Waals surface area (Å²) in [7, 11) is 0. The van der Waals surface area contributed by atoms with E-state index in [-0.39, 0.29) is 17.4 Å². The molecule has 5 heteroatoms. The number of halogens is 2. The van der Waals surface area contributed by atoms with Crippen molar-refractivity contribution in [1.29, 1.82) is 5.26 Å². The Bertz CT molecular complexity index is 680. The number of benzene rings is 2. The lowest BCUT2D eigenvalue weighted by molar-refractivity contribution is 0.439. The Morgan fingerprint density at radius 3 is 2.50 bits per heavy atom. The molecule has 0 bridgehead atoms. The number of nitrogens with two attached hydrogens (primary N) is 1. The first-order chi connectivity index (χ1) is 9.51. The first-order valence-corrected chi connectivity index (χ1v) is 6.73. The molecule has 1 atom stereocenters. The zero-order valence-electron chi connectivity index (χ0n) is 10.7. The Kier molecular flexibility index (Phi) is 4.38. The maximum absolute atomic E-state index is 13.8. The second-order valence-electron chi connectivity index (χ2n) is 4.34. The number of hydrogen-bond acceptors (Lipinski definition) is 3. The highest BCUT2D eigenvalue weighted by molar-refractivity contribution is 9.10. The molecule has 0 aromatic heterocycles. The number of hydrogen-bond donors (Lipinski definition) is 1. The van der Waals surface area contributed by atoms with Gasteiger partial charge in [0.2, 0.25) is 0 Å². The van der Waals surface area contributed by atoms with Crippen LogP contribution in [0.4, 0.5) is 4.39 Å². The summed E-state index contributed by atoms with van der Waals surface area (Å²) in [5.74, 6) is -0.0246. The first kappa shape index (κ1) is 14.5. The summed E-state index contributed by atoms with van der Waals surface area (Å²) in [6, 6.07) is 11.2. The molecule has 0 amide bonds. The molecule has 0 aliphatic rings. The van der Waals surface area contributed by atoms with E-state index < -0.39 is 5.82 Å². The maximum atomic E-state index is 13.8. The number of ether oxygens (including phenoxy) is 1.